The van der Waals surface area contributed by atoms with Crippen molar-refractivity contribution in [1.29, 1.82) is 0 Å². The second-order valence-electron chi connectivity index (χ2n) is 4.97. The fourth-order valence-corrected chi connectivity index (χ4v) is 1.93. The molecular weight excluding hydrogens is 198 g/mol. The topological polar surface area (TPSA) is 22.1 Å². The lowest BCUT2D eigenvalue weighted by molar-refractivity contribution is 0.417. The molecule has 2 rings (SSSR count). The van der Waals surface area contributed by atoms with Crippen LogP contribution in [-0.2, 0) is 5.41 Å². The standard InChI is InChI=1S/C14H17NO/c1-14(2,3)13-11-8-6-5-7-10(11)12(16-4)9-15-13/h5-9H,1-4H3. The monoisotopic (exact) mass is 215 g/mol. The molecule has 0 saturated carbocycles. The van der Waals surface area contributed by atoms with Crippen molar-refractivity contribution < 1.29 is 4.74 Å². The van der Waals surface area contributed by atoms with Gasteiger partial charge in [0.2, 0.25) is 0 Å². The van der Waals surface area contributed by atoms with Gasteiger partial charge in [0.15, 0.2) is 0 Å². The molecule has 0 fully saturated rings. The number of nitrogens with zero attached hydrogens (tertiary/aromatic N) is 1. The van der Waals surface area contributed by atoms with Crippen molar-refractivity contribution in [2.75, 3.05) is 7.11 Å². The van der Waals surface area contributed by atoms with Crippen LogP contribution in [0.2, 0.25) is 0 Å². The maximum Gasteiger partial charge on any atom is 0.144 e. The lowest BCUT2D eigenvalue weighted by Crippen LogP contribution is -2.14. The first-order chi connectivity index (χ1) is 7.54. The summed E-state index contributed by atoms with van der Waals surface area (Å²) in [6, 6.07) is 8.24. The first kappa shape index (κ1) is 10.9. The van der Waals surface area contributed by atoms with E-state index in [-0.39, 0.29) is 5.41 Å². The molecular formula is C14H17NO. The van der Waals surface area contributed by atoms with Crippen molar-refractivity contribution >= 4 is 10.8 Å². The van der Waals surface area contributed by atoms with Crippen LogP contribution >= 0.6 is 0 Å². The van der Waals surface area contributed by atoms with E-state index in [0.717, 1.165) is 16.8 Å². The molecule has 0 saturated heterocycles. The Labute approximate surface area is 96.3 Å². The summed E-state index contributed by atoms with van der Waals surface area (Å²) in [7, 11) is 1.68. The molecule has 0 aliphatic heterocycles. The van der Waals surface area contributed by atoms with E-state index in [4.69, 9.17) is 4.74 Å². The summed E-state index contributed by atoms with van der Waals surface area (Å²) in [5, 5.41) is 2.30. The Morgan fingerprint density at radius 2 is 1.69 bits per heavy atom. The predicted molar refractivity (Wildman–Crippen MR) is 67.0 cm³/mol. The van der Waals surface area contributed by atoms with Crippen LogP contribution in [0.4, 0.5) is 0 Å². The van der Waals surface area contributed by atoms with Gasteiger partial charge in [0, 0.05) is 16.2 Å². The third kappa shape index (κ3) is 1.75. The fourth-order valence-electron chi connectivity index (χ4n) is 1.93. The van der Waals surface area contributed by atoms with Crippen molar-refractivity contribution in [2.24, 2.45) is 0 Å². The fraction of sp³-hybridized carbons (Fsp3) is 0.357. The normalized spacial score (nSPS) is 11.8. The first-order valence-corrected chi connectivity index (χ1v) is 5.46. The van der Waals surface area contributed by atoms with E-state index in [1.165, 1.54) is 5.39 Å². The number of rotatable bonds is 1. The average Bonchev–Trinajstić information content (AvgIpc) is 2.26. The van der Waals surface area contributed by atoms with Crippen LogP contribution in [0.25, 0.3) is 10.8 Å². The van der Waals surface area contributed by atoms with Gasteiger partial charge in [0.1, 0.15) is 5.75 Å². The van der Waals surface area contributed by atoms with Gasteiger partial charge in [0.05, 0.1) is 19.0 Å². The maximum absolute atomic E-state index is 5.33. The summed E-state index contributed by atoms with van der Waals surface area (Å²) in [5.74, 6) is 0.837. The molecule has 1 aromatic carbocycles. The van der Waals surface area contributed by atoms with E-state index in [9.17, 15) is 0 Å². The second-order valence-corrected chi connectivity index (χ2v) is 4.97. The van der Waals surface area contributed by atoms with Gasteiger partial charge in [-0.25, -0.2) is 0 Å². The zero-order valence-electron chi connectivity index (χ0n) is 10.2. The number of pyridine rings is 1. The van der Waals surface area contributed by atoms with Gasteiger partial charge in [0.25, 0.3) is 0 Å². The van der Waals surface area contributed by atoms with E-state index >= 15 is 0 Å². The summed E-state index contributed by atoms with van der Waals surface area (Å²) in [5.41, 5.74) is 1.16. The minimum atomic E-state index is 0.0475. The number of benzene rings is 1. The maximum atomic E-state index is 5.33. The molecule has 0 atom stereocenters. The molecule has 0 aliphatic carbocycles. The Hall–Kier alpha value is -1.57. The van der Waals surface area contributed by atoms with E-state index in [0.29, 0.717) is 0 Å². The van der Waals surface area contributed by atoms with E-state index in [2.05, 4.69) is 37.9 Å². The number of fused-ring (bicyclic) bond motifs is 1. The average molecular weight is 215 g/mol. The molecule has 0 radical (unpaired) electrons. The van der Waals surface area contributed by atoms with Crippen LogP contribution in [0.3, 0.4) is 0 Å². The Morgan fingerprint density at radius 1 is 1.06 bits per heavy atom. The van der Waals surface area contributed by atoms with E-state index < -0.39 is 0 Å². The zero-order chi connectivity index (χ0) is 11.8. The highest BCUT2D eigenvalue weighted by molar-refractivity contribution is 5.90. The molecule has 2 aromatic rings. The number of aromatic nitrogens is 1. The van der Waals surface area contributed by atoms with Gasteiger partial charge in [-0.1, -0.05) is 45.0 Å². The van der Waals surface area contributed by atoms with Crippen molar-refractivity contribution in [3.8, 4) is 5.75 Å². The van der Waals surface area contributed by atoms with Gasteiger partial charge < -0.3 is 4.74 Å². The Kier molecular flexibility index (Phi) is 2.58. The zero-order valence-corrected chi connectivity index (χ0v) is 10.2. The van der Waals surface area contributed by atoms with Crippen molar-refractivity contribution in [3.05, 3.63) is 36.2 Å². The molecule has 1 heterocycles. The molecule has 0 unspecified atom stereocenters. The van der Waals surface area contributed by atoms with Crippen molar-refractivity contribution in [2.45, 2.75) is 26.2 Å². The van der Waals surface area contributed by atoms with Crippen LogP contribution in [0, 0.1) is 0 Å². The van der Waals surface area contributed by atoms with Crippen LogP contribution in [0.5, 0.6) is 5.75 Å². The predicted octanol–water partition coefficient (Wildman–Crippen LogP) is 3.54. The summed E-state index contributed by atoms with van der Waals surface area (Å²) in [6.07, 6.45) is 1.81. The molecule has 2 heteroatoms. The lowest BCUT2D eigenvalue weighted by atomic mass is 9.88. The molecule has 0 bridgehead atoms. The van der Waals surface area contributed by atoms with E-state index in [1.807, 2.05) is 18.3 Å². The minimum Gasteiger partial charge on any atom is -0.494 e. The SMILES string of the molecule is COc1cnc(C(C)(C)C)c2ccccc12. The third-order valence-corrected chi connectivity index (χ3v) is 2.69. The summed E-state index contributed by atoms with van der Waals surface area (Å²) < 4.78 is 5.33. The molecule has 0 aliphatic rings. The molecule has 0 spiro atoms. The van der Waals surface area contributed by atoms with Crippen LogP contribution in [0.1, 0.15) is 26.5 Å². The Balaban J connectivity index is 2.80. The largest absolute Gasteiger partial charge is 0.494 e. The number of hydrogen-bond donors (Lipinski definition) is 0. The summed E-state index contributed by atoms with van der Waals surface area (Å²) in [4.78, 5) is 4.52. The van der Waals surface area contributed by atoms with Crippen LogP contribution in [0.15, 0.2) is 30.5 Å². The van der Waals surface area contributed by atoms with E-state index in [1.54, 1.807) is 7.11 Å². The highest BCUT2D eigenvalue weighted by atomic mass is 16.5. The highest BCUT2D eigenvalue weighted by Crippen LogP contribution is 2.32. The first-order valence-electron chi connectivity index (χ1n) is 5.46. The smallest absolute Gasteiger partial charge is 0.144 e. The van der Waals surface area contributed by atoms with Gasteiger partial charge in [-0.15, -0.1) is 0 Å². The quantitative estimate of drug-likeness (QED) is 0.726. The second kappa shape index (κ2) is 3.78. The van der Waals surface area contributed by atoms with Gasteiger partial charge in [-0.05, 0) is 0 Å². The molecule has 2 nitrogen and oxygen atoms in total. The highest BCUT2D eigenvalue weighted by Gasteiger charge is 2.19. The number of ether oxygens (including phenoxy) is 1. The minimum absolute atomic E-state index is 0.0475. The van der Waals surface area contributed by atoms with Gasteiger partial charge in [-0.3, -0.25) is 4.98 Å². The number of hydrogen-bond acceptors (Lipinski definition) is 2. The number of methoxy groups -OCH3 is 1. The summed E-state index contributed by atoms with van der Waals surface area (Å²) in [6.45, 7) is 6.52. The Morgan fingerprint density at radius 3 is 2.25 bits per heavy atom. The lowest BCUT2D eigenvalue weighted by Gasteiger charge is -2.20. The molecule has 0 N–H and O–H groups in total. The molecule has 84 valence electrons. The summed E-state index contributed by atoms with van der Waals surface area (Å²) >= 11 is 0. The van der Waals surface area contributed by atoms with Gasteiger partial charge >= 0.3 is 0 Å². The third-order valence-electron chi connectivity index (χ3n) is 2.69. The Bertz CT molecular complexity index is 512. The van der Waals surface area contributed by atoms with Crippen LogP contribution in [-0.4, -0.2) is 12.1 Å². The van der Waals surface area contributed by atoms with Crippen LogP contribution < -0.4 is 4.74 Å². The molecule has 16 heavy (non-hydrogen) atoms. The molecule has 0 amide bonds. The molecule has 1 aromatic heterocycles. The van der Waals surface area contributed by atoms with Crippen molar-refractivity contribution in [3.63, 3.8) is 0 Å². The van der Waals surface area contributed by atoms with Gasteiger partial charge in [-0.2, -0.15) is 0 Å². The van der Waals surface area contributed by atoms with Crippen molar-refractivity contribution in [1.82, 2.24) is 4.98 Å².